The smallest absolute Gasteiger partial charge is 0.363 e. The summed E-state index contributed by atoms with van der Waals surface area (Å²) in [5.41, 5.74) is 14.3. The number of nitrogens with two attached hydrogens (primary N) is 2. The zero-order valence-corrected chi connectivity index (χ0v) is 11.1. The van der Waals surface area contributed by atoms with Gasteiger partial charge in [-0.2, -0.15) is 0 Å². The largest absolute Gasteiger partial charge is 0.402 e. The van der Waals surface area contributed by atoms with Crippen LogP contribution in [0.3, 0.4) is 0 Å². The Morgan fingerprint density at radius 2 is 1.76 bits per heavy atom. The highest BCUT2D eigenvalue weighted by molar-refractivity contribution is 6.12. The van der Waals surface area contributed by atoms with Gasteiger partial charge in [-0.1, -0.05) is 12.1 Å². The maximum Gasteiger partial charge on any atom is 0.363 e. The Morgan fingerprint density at radius 3 is 2.48 bits per heavy atom. The van der Waals surface area contributed by atoms with Crippen molar-refractivity contribution in [2.75, 3.05) is 11.5 Å². The van der Waals surface area contributed by atoms with Gasteiger partial charge in [-0.25, -0.2) is 9.79 Å². The van der Waals surface area contributed by atoms with E-state index in [4.69, 9.17) is 16.2 Å². The van der Waals surface area contributed by atoms with Crippen molar-refractivity contribution in [3.05, 3.63) is 65.4 Å². The van der Waals surface area contributed by atoms with Gasteiger partial charge in [-0.3, -0.25) is 0 Å². The zero-order valence-electron chi connectivity index (χ0n) is 11.1. The molecule has 5 nitrogen and oxygen atoms in total. The monoisotopic (exact) mass is 279 g/mol. The van der Waals surface area contributed by atoms with Crippen molar-refractivity contribution in [3.8, 4) is 0 Å². The third kappa shape index (κ3) is 2.76. The van der Waals surface area contributed by atoms with Crippen LogP contribution in [0.15, 0.2) is 59.2 Å². The van der Waals surface area contributed by atoms with Gasteiger partial charge in [0.05, 0.1) is 0 Å². The minimum absolute atomic E-state index is 0.243. The van der Waals surface area contributed by atoms with E-state index in [9.17, 15) is 4.79 Å². The first-order chi connectivity index (χ1) is 10.1. The van der Waals surface area contributed by atoms with E-state index in [-0.39, 0.29) is 11.6 Å². The molecular formula is C16H13N3O2. The van der Waals surface area contributed by atoms with Crippen LogP contribution in [0.1, 0.15) is 11.1 Å². The average Bonchev–Trinajstić information content (AvgIpc) is 2.81. The zero-order chi connectivity index (χ0) is 14.8. The Labute approximate surface area is 121 Å². The number of hydrogen-bond donors (Lipinski definition) is 2. The summed E-state index contributed by atoms with van der Waals surface area (Å²) in [4.78, 5) is 16.1. The fraction of sp³-hybridized carbons (Fsp3) is 0. The molecule has 0 radical (unpaired) electrons. The summed E-state index contributed by atoms with van der Waals surface area (Å²) < 4.78 is 5.17. The summed E-state index contributed by atoms with van der Waals surface area (Å²) in [6.45, 7) is 0. The van der Waals surface area contributed by atoms with Crippen LogP contribution in [0.25, 0.3) is 6.08 Å². The number of esters is 1. The number of hydrogen-bond acceptors (Lipinski definition) is 5. The third-order valence-corrected chi connectivity index (χ3v) is 2.99. The molecule has 0 unspecified atom stereocenters. The van der Waals surface area contributed by atoms with Crippen LogP contribution >= 0.6 is 0 Å². The van der Waals surface area contributed by atoms with Crippen LogP contribution in [0.5, 0.6) is 0 Å². The maximum absolute atomic E-state index is 11.9. The van der Waals surface area contributed by atoms with Crippen molar-refractivity contribution >= 4 is 29.3 Å². The van der Waals surface area contributed by atoms with Crippen LogP contribution in [-0.2, 0) is 9.53 Å². The molecule has 0 aromatic heterocycles. The van der Waals surface area contributed by atoms with Crippen LogP contribution in [-0.4, -0.2) is 11.9 Å². The Bertz CT molecular complexity index is 761. The van der Waals surface area contributed by atoms with E-state index in [1.165, 1.54) is 0 Å². The van der Waals surface area contributed by atoms with E-state index in [1.54, 1.807) is 42.5 Å². The first kappa shape index (κ1) is 12.9. The van der Waals surface area contributed by atoms with Crippen LogP contribution < -0.4 is 11.5 Å². The standard InChI is InChI=1S/C16H13N3O2/c17-12-6-4-11(5-7-12)15-19-14(16(20)21-15)9-10-2-1-3-13(18)8-10/h1-9H,17-18H2/b14-9+. The number of ether oxygens (including phenoxy) is 1. The second-order valence-electron chi connectivity index (χ2n) is 4.63. The molecule has 0 bridgehead atoms. The van der Waals surface area contributed by atoms with Crippen LogP contribution in [0, 0.1) is 0 Å². The van der Waals surface area contributed by atoms with E-state index in [0.29, 0.717) is 16.9 Å². The Hall–Kier alpha value is -3.08. The van der Waals surface area contributed by atoms with Gasteiger partial charge in [0.2, 0.25) is 5.90 Å². The van der Waals surface area contributed by atoms with Crippen molar-refractivity contribution < 1.29 is 9.53 Å². The molecule has 0 spiro atoms. The number of nitrogens with zero attached hydrogens (tertiary/aromatic N) is 1. The second-order valence-corrected chi connectivity index (χ2v) is 4.63. The van der Waals surface area contributed by atoms with Crippen LogP contribution in [0.4, 0.5) is 11.4 Å². The molecule has 1 aliphatic heterocycles. The maximum atomic E-state index is 11.9. The number of carbonyl (C=O) groups excluding carboxylic acids is 1. The minimum Gasteiger partial charge on any atom is -0.402 e. The molecule has 2 aromatic carbocycles. The van der Waals surface area contributed by atoms with Crippen molar-refractivity contribution in [2.45, 2.75) is 0 Å². The number of carbonyl (C=O) groups is 1. The molecule has 0 aliphatic carbocycles. The predicted octanol–water partition coefficient (Wildman–Crippen LogP) is 2.20. The van der Waals surface area contributed by atoms with Gasteiger partial charge in [0, 0.05) is 16.9 Å². The van der Waals surface area contributed by atoms with Gasteiger partial charge in [-0.05, 0) is 48.0 Å². The lowest BCUT2D eigenvalue weighted by atomic mass is 10.2. The van der Waals surface area contributed by atoms with Crippen molar-refractivity contribution in [1.82, 2.24) is 0 Å². The number of benzene rings is 2. The number of rotatable bonds is 2. The van der Waals surface area contributed by atoms with E-state index in [0.717, 1.165) is 5.56 Å². The first-order valence-corrected chi connectivity index (χ1v) is 6.36. The minimum atomic E-state index is -0.482. The van der Waals surface area contributed by atoms with Gasteiger partial charge in [0.25, 0.3) is 0 Å². The SMILES string of the molecule is Nc1ccc(C2=N/C(=C/c3cccc(N)c3)C(=O)O2)cc1. The molecule has 1 aliphatic rings. The number of nitrogen functional groups attached to an aromatic ring is 2. The molecule has 0 saturated heterocycles. The molecular weight excluding hydrogens is 266 g/mol. The highest BCUT2D eigenvalue weighted by Gasteiger charge is 2.23. The third-order valence-electron chi connectivity index (χ3n) is 2.99. The molecule has 5 heteroatoms. The van der Waals surface area contributed by atoms with Crippen LogP contribution in [0.2, 0.25) is 0 Å². The van der Waals surface area contributed by atoms with Gasteiger partial charge in [-0.15, -0.1) is 0 Å². The average molecular weight is 279 g/mol. The molecule has 21 heavy (non-hydrogen) atoms. The molecule has 104 valence electrons. The number of cyclic esters (lactones) is 1. The van der Waals surface area contributed by atoms with Crippen molar-refractivity contribution in [3.63, 3.8) is 0 Å². The highest BCUT2D eigenvalue weighted by atomic mass is 16.6. The summed E-state index contributed by atoms with van der Waals surface area (Å²) in [6.07, 6.45) is 1.64. The number of aliphatic imine (C=N–C) groups is 1. The van der Waals surface area contributed by atoms with E-state index < -0.39 is 5.97 Å². The van der Waals surface area contributed by atoms with Gasteiger partial charge >= 0.3 is 5.97 Å². The predicted molar refractivity (Wildman–Crippen MR) is 82.3 cm³/mol. The molecule has 1 heterocycles. The second kappa shape index (κ2) is 5.13. The molecule has 2 aromatic rings. The topological polar surface area (TPSA) is 90.7 Å². The summed E-state index contributed by atoms with van der Waals surface area (Å²) in [5.74, 6) is -0.209. The Balaban J connectivity index is 1.93. The summed E-state index contributed by atoms with van der Waals surface area (Å²) in [7, 11) is 0. The van der Waals surface area contributed by atoms with Crippen molar-refractivity contribution in [2.24, 2.45) is 4.99 Å². The molecule has 0 amide bonds. The summed E-state index contributed by atoms with van der Waals surface area (Å²) in [5, 5.41) is 0. The van der Waals surface area contributed by atoms with E-state index in [1.807, 2.05) is 12.1 Å². The lowest BCUT2D eigenvalue weighted by Crippen LogP contribution is -2.05. The first-order valence-electron chi connectivity index (χ1n) is 6.36. The van der Waals surface area contributed by atoms with Gasteiger partial charge in [0.15, 0.2) is 5.70 Å². The molecule has 0 fully saturated rings. The van der Waals surface area contributed by atoms with Crippen molar-refractivity contribution in [1.29, 1.82) is 0 Å². The molecule has 4 N–H and O–H groups in total. The summed E-state index contributed by atoms with van der Waals surface area (Å²) in [6, 6.07) is 14.2. The normalized spacial score (nSPS) is 15.9. The quantitative estimate of drug-likeness (QED) is 0.501. The van der Waals surface area contributed by atoms with Gasteiger partial charge < -0.3 is 16.2 Å². The molecule has 0 atom stereocenters. The van der Waals surface area contributed by atoms with E-state index in [2.05, 4.69) is 4.99 Å². The van der Waals surface area contributed by atoms with E-state index >= 15 is 0 Å². The molecule has 3 rings (SSSR count). The Morgan fingerprint density at radius 1 is 1.00 bits per heavy atom. The number of anilines is 2. The fourth-order valence-electron chi connectivity index (χ4n) is 1.96. The lowest BCUT2D eigenvalue weighted by molar-refractivity contribution is -0.129. The van der Waals surface area contributed by atoms with Gasteiger partial charge in [0.1, 0.15) is 0 Å². The highest BCUT2D eigenvalue weighted by Crippen LogP contribution is 2.20. The molecule has 0 saturated carbocycles. The summed E-state index contributed by atoms with van der Waals surface area (Å²) >= 11 is 0. The lowest BCUT2D eigenvalue weighted by Gasteiger charge is -1.99. The Kier molecular flexibility index (Phi) is 3.16. The fourth-order valence-corrected chi connectivity index (χ4v) is 1.96.